The molecule has 0 amide bonds. The number of furan rings is 1. The Morgan fingerprint density at radius 2 is 2.05 bits per heavy atom. The molecule has 110 valence electrons. The van der Waals surface area contributed by atoms with Crippen molar-refractivity contribution in [2.75, 3.05) is 0 Å². The molecule has 0 aliphatic heterocycles. The van der Waals surface area contributed by atoms with Gasteiger partial charge in [-0.3, -0.25) is 0 Å². The number of hydrogen-bond acceptors (Lipinski definition) is 4. The second-order valence-corrected chi connectivity index (χ2v) is 5.37. The minimum absolute atomic E-state index is 0.679. The fourth-order valence-electron chi connectivity index (χ4n) is 2.05. The highest BCUT2D eigenvalue weighted by Gasteiger charge is 2.06. The largest absolute Gasteiger partial charge is 0.463 e. The van der Waals surface area contributed by atoms with Crippen LogP contribution in [0.2, 0.25) is 0 Å². The number of benzene rings is 1. The van der Waals surface area contributed by atoms with Crippen LogP contribution in [0.4, 0.5) is 0 Å². The van der Waals surface area contributed by atoms with Crippen LogP contribution >= 0.6 is 11.3 Å². The van der Waals surface area contributed by atoms with E-state index in [0.717, 1.165) is 16.1 Å². The summed E-state index contributed by atoms with van der Waals surface area (Å²) in [5.41, 5.74) is 2.26. The van der Waals surface area contributed by atoms with E-state index in [-0.39, 0.29) is 0 Å². The van der Waals surface area contributed by atoms with Crippen LogP contribution in [0.5, 0.6) is 0 Å². The van der Waals surface area contributed by atoms with Crippen LogP contribution in [0.3, 0.4) is 0 Å². The molecule has 3 aromatic rings. The number of allylic oxidation sites excluding steroid dienone is 1. The lowest BCUT2D eigenvalue weighted by molar-refractivity contribution is 0.560. The van der Waals surface area contributed by atoms with Gasteiger partial charge in [-0.05, 0) is 17.7 Å². The van der Waals surface area contributed by atoms with Gasteiger partial charge < -0.3 is 8.98 Å². The first-order valence-corrected chi connectivity index (χ1v) is 7.71. The van der Waals surface area contributed by atoms with Crippen molar-refractivity contribution in [3.63, 3.8) is 0 Å². The fourth-order valence-corrected chi connectivity index (χ4v) is 2.93. The Labute approximate surface area is 132 Å². The Balaban J connectivity index is 1.98. The molecule has 0 saturated heterocycles. The van der Waals surface area contributed by atoms with Crippen LogP contribution in [0.15, 0.2) is 81.4 Å². The second-order valence-electron chi connectivity index (χ2n) is 4.53. The van der Waals surface area contributed by atoms with Crippen molar-refractivity contribution in [1.29, 1.82) is 0 Å². The fraction of sp³-hybridized carbons (Fsp3) is 0.0588. The normalized spacial score (nSPS) is 12.1. The number of thiazole rings is 1. The third-order valence-electron chi connectivity index (χ3n) is 3.05. The van der Waals surface area contributed by atoms with E-state index in [1.165, 1.54) is 0 Å². The lowest BCUT2D eigenvalue weighted by Gasteiger charge is -2.05. The van der Waals surface area contributed by atoms with E-state index in [4.69, 9.17) is 4.42 Å². The van der Waals surface area contributed by atoms with Gasteiger partial charge in [-0.2, -0.15) is 5.10 Å². The first kappa shape index (κ1) is 14.3. The van der Waals surface area contributed by atoms with Gasteiger partial charge in [0.05, 0.1) is 18.2 Å². The summed E-state index contributed by atoms with van der Waals surface area (Å²) in [6.45, 7) is 4.50. The van der Waals surface area contributed by atoms with E-state index < -0.39 is 0 Å². The molecule has 0 unspecified atom stereocenters. The highest BCUT2D eigenvalue weighted by atomic mass is 32.1. The van der Waals surface area contributed by atoms with Gasteiger partial charge in [-0.25, -0.2) is 0 Å². The van der Waals surface area contributed by atoms with E-state index in [0.29, 0.717) is 12.3 Å². The van der Waals surface area contributed by atoms with Gasteiger partial charge in [-0.15, -0.1) is 23.0 Å². The first-order valence-electron chi connectivity index (χ1n) is 6.83. The molecule has 0 saturated carbocycles. The van der Waals surface area contributed by atoms with Crippen molar-refractivity contribution in [3.05, 3.63) is 77.3 Å². The standard InChI is InChI=1S/C17H15N3OS/c1-2-10-20-16(14-7-4-3-5-8-14)13-22-17(20)19-18-12-15-9-6-11-21-15/h2-9,11-13H,1,10H2/b18-12+,19-17-. The van der Waals surface area contributed by atoms with Gasteiger partial charge >= 0.3 is 0 Å². The molecule has 2 aromatic heterocycles. The molecule has 0 fully saturated rings. The minimum atomic E-state index is 0.679. The molecular weight excluding hydrogens is 294 g/mol. The van der Waals surface area contributed by atoms with Crippen LogP contribution in [0, 0.1) is 0 Å². The van der Waals surface area contributed by atoms with Crippen molar-refractivity contribution in [2.24, 2.45) is 10.2 Å². The number of aromatic nitrogens is 1. The molecule has 3 rings (SSSR count). The van der Waals surface area contributed by atoms with Gasteiger partial charge in [0.25, 0.3) is 0 Å². The quantitative estimate of drug-likeness (QED) is 0.400. The summed E-state index contributed by atoms with van der Waals surface area (Å²) >= 11 is 1.55. The molecule has 0 aliphatic carbocycles. The van der Waals surface area contributed by atoms with E-state index in [1.54, 1.807) is 23.8 Å². The van der Waals surface area contributed by atoms with E-state index >= 15 is 0 Å². The maximum Gasteiger partial charge on any atom is 0.211 e. The maximum atomic E-state index is 5.19. The Kier molecular flexibility index (Phi) is 4.46. The van der Waals surface area contributed by atoms with Crippen molar-refractivity contribution < 1.29 is 4.42 Å². The Hall–Kier alpha value is -2.66. The van der Waals surface area contributed by atoms with Gasteiger partial charge in [0, 0.05) is 11.9 Å². The topological polar surface area (TPSA) is 42.8 Å². The Bertz CT molecular complexity index is 826. The van der Waals surface area contributed by atoms with Crippen LogP contribution in [0.1, 0.15) is 5.76 Å². The molecule has 4 nitrogen and oxygen atoms in total. The monoisotopic (exact) mass is 309 g/mol. The third-order valence-corrected chi connectivity index (χ3v) is 3.90. The SMILES string of the molecule is C=CCn1c(-c2ccccc2)cs/c1=N\N=C\c1ccco1. The van der Waals surface area contributed by atoms with Crippen molar-refractivity contribution in [3.8, 4) is 11.3 Å². The first-order chi connectivity index (χ1) is 10.9. The summed E-state index contributed by atoms with van der Waals surface area (Å²) in [7, 11) is 0. The highest BCUT2D eigenvalue weighted by Crippen LogP contribution is 2.19. The molecule has 22 heavy (non-hydrogen) atoms. The predicted octanol–water partition coefficient (Wildman–Crippen LogP) is 3.93. The summed E-state index contributed by atoms with van der Waals surface area (Å²) in [5.74, 6) is 0.679. The molecular formula is C17H15N3OS. The Morgan fingerprint density at radius 1 is 1.18 bits per heavy atom. The zero-order chi connectivity index (χ0) is 15.2. The summed E-state index contributed by atoms with van der Waals surface area (Å²) in [6, 6.07) is 13.9. The Morgan fingerprint density at radius 3 is 2.77 bits per heavy atom. The molecule has 0 atom stereocenters. The molecule has 0 N–H and O–H groups in total. The molecule has 2 heterocycles. The second kappa shape index (κ2) is 6.87. The third kappa shape index (κ3) is 3.15. The average molecular weight is 309 g/mol. The predicted molar refractivity (Wildman–Crippen MR) is 89.8 cm³/mol. The zero-order valence-corrected chi connectivity index (χ0v) is 12.7. The van der Waals surface area contributed by atoms with Crippen molar-refractivity contribution >= 4 is 17.6 Å². The molecule has 1 aromatic carbocycles. The van der Waals surface area contributed by atoms with Crippen molar-refractivity contribution in [2.45, 2.75) is 6.54 Å². The number of hydrogen-bond donors (Lipinski definition) is 0. The highest BCUT2D eigenvalue weighted by molar-refractivity contribution is 7.07. The van der Waals surface area contributed by atoms with Gasteiger partial charge in [-0.1, -0.05) is 36.4 Å². The minimum Gasteiger partial charge on any atom is -0.463 e. The summed E-state index contributed by atoms with van der Waals surface area (Å²) in [6.07, 6.45) is 5.06. The van der Waals surface area contributed by atoms with Crippen LogP contribution in [-0.4, -0.2) is 10.8 Å². The van der Waals surface area contributed by atoms with Gasteiger partial charge in [0.2, 0.25) is 4.80 Å². The molecule has 0 bridgehead atoms. The zero-order valence-electron chi connectivity index (χ0n) is 11.9. The van der Waals surface area contributed by atoms with Crippen LogP contribution in [0.25, 0.3) is 11.3 Å². The van der Waals surface area contributed by atoms with Gasteiger partial charge in [0.1, 0.15) is 5.76 Å². The van der Waals surface area contributed by atoms with E-state index in [1.807, 2.05) is 36.4 Å². The lowest BCUT2D eigenvalue weighted by atomic mass is 10.2. The summed E-state index contributed by atoms with van der Waals surface area (Å²) < 4.78 is 7.28. The van der Waals surface area contributed by atoms with Gasteiger partial charge in [0.15, 0.2) is 0 Å². The molecule has 0 aliphatic rings. The molecule has 0 radical (unpaired) electrons. The smallest absolute Gasteiger partial charge is 0.211 e. The van der Waals surface area contributed by atoms with E-state index in [2.05, 4.69) is 38.9 Å². The summed E-state index contributed by atoms with van der Waals surface area (Å²) in [4.78, 5) is 0.821. The van der Waals surface area contributed by atoms with Crippen LogP contribution in [-0.2, 0) is 6.54 Å². The number of rotatable bonds is 5. The van der Waals surface area contributed by atoms with E-state index in [9.17, 15) is 0 Å². The number of nitrogens with zero attached hydrogens (tertiary/aromatic N) is 3. The van der Waals surface area contributed by atoms with Crippen LogP contribution < -0.4 is 4.80 Å². The average Bonchev–Trinajstić information content (AvgIpc) is 3.19. The maximum absolute atomic E-state index is 5.19. The lowest BCUT2D eigenvalue weighted by Crippen LogP contribution is -2.14. The molecule has 0 spiro atoms. The molecule has 5 heteroatoms. The van der Waals surface area contributed by atoms with Crippen molar-refractivity contribution in [1.82, 2.24) is 4.57 Å². The summed E-state index contributed by atoms with van der Waals surface area (Å²) in [5, 5.41) is 10.5.